The largest absolute Gasteiger partial charge is 0.458 e. The number of nitrogens with one attached hydrogen (secondary N) is 1. The smallest absolute Gasteiger partial charge is 0.305 e. The topological polar surface area (TPSA) is 116 Å². The molecule has 0 saturated heterocycles. The summed E-state index contributed by atoms with van der Waals surface area (Å²) >= 11 is 0. The van der Waals surface area contributed by atoms with Gasteiger partial charge in [-0.2, -0.15) is 4.98 Å². The van der Waals surface area contributed by atoms with E-state index in [2.05, 4.69) is 30.8 Å². The molecule has 29 heavy (non-hydrogen) atoms. The Kier molecular flexibility index (Phi) is 5.34. The fourth-order valence-electron chi connectivity index (χ4n) is 3.00. The number of anilines is 1. The number of para-hydroxylation sites is 2. The maximum absolute atomic E-state index is 9.93. The molecular weight excluding hydrogens is 372 g/mol. The quantitative estimate of drug-likeness (QED) is 0.436. The number of ether oxygens (including phenoxy) is 1. The van der Waals surface area contributed by atoms with Gasteiger partial charge in [-0.15, -0.1) is 0 Å². The molecule has 10 heteroatoms. The second-order valence-corrected chi connectivity index (χ2v) is 6.57. The van der Waals surface area contributed by atoms with Crippen LogP contribution in [0.2, 0.25) is 0 Å². The van der Waals surface area contributed by atoms with Crippen molar-refractivity contribution in [2.45, 2.75) is 32.6 Å². The first-order valence-electron chi connectivity index (χ1n) is 9.39. The maximum Gasteiger partial charge on any atom is 0.305 e. The van der Waals surface area contributed by atoms with Gasteiger partial charge in [0.05, 0.1) is 16.7 Å². The number of rotatable bonds is 8. The Bertz CT molecular complexity index is 1110. The van der Waals surface area contributed by atoms with Crippen LogP contribution in [0, 0.1) is 0 Å². The third kappa shape index (κ3) is 4.02. The summed E-state index contributed by atoms with van der Waals surface area (Å²) in [6.45, 7) is 2.22. The van der Waals surface area contributed by atoms with E-state index in [1.54, 1.807) is 16.3 Å². The average molecular weight is 394 g/mol. The first-order valence-corrected chi connectivity index (χ1v) is 9.39. The third-order valence-electron chi connectivity index (χ3n) is 4.36. The third-order valence-corrected chi connectivity index (χ3v) is 4.36. The molecule has 3 heterocycles. The van der Waals surface area contributed by atoms with Crippen LogP contribution in [0.15, 0.2) is 42.5 Å². The first-order chi connectivity index (χ1) is 14.2. The molecular formula is C19H22N8O2. The van der Waals surface area contributed by atoms with Gasteiger partial charge in [0.2, 0.25) is 0 Å². The lowest BCUT2D eigenvalue weighted by atomic mass is 10.3. The van der Waals surface area contributed by atoms with Crippen LogP contribution in [0.1, 0.15) is 25.5 Å². The number of hydrogen-bond acceptors (Lipinski definition) is 8. The predicted octanol–water partition coefficient (Wildman–Crippen LogP) is 2.05. The zero-order chi connectivity index (χ0) is 20.2. The fraction of sp³-hybridized carbons (Fsp3) is 0.316. The second kappa shape index (κ2) is 8.23. The van der Waals surface area contributed by atoms with Crippen LogP contribution in [0.25, 0.3) is 17.0 Å². The lowest BCUT2D eigenvalue weighted by Gasteiger charge is -2.13. The molecule has 0 aliphatic rings. The van der Waals surface area contributed by atoms with Gasteiger partial charge in [-0.25, -0.2) is 14.2 Å². The molecule has 1 atom stereocenters. The van der Waals surface area contributed by atoms with Gasteiger partial charge >= 0.3 is 6.01 Å². The summed E-state index contributed by atoms with van der Waals surface area (Å²) in [5.41, 5.74) is 2.32. The van der Waals surface area contributed by atoms with Gasteiger partial charge in [0, 0.05) is 7.05 Å². The van der Waals surface area contributed by atoms with Crippen LogP contribution in [-0.2, 0) is 13.7 Å². The van der Waals surface area contributed by atoms with Crippen LogP contribution < -0.4 is 10.1 Å². The molecule has 0 fully saturated rings. The van der Waals surface area contributed by atoms with Crippen LogP contribution in [0.3, 0.4) is 0 Å². The van der Waals surface area contributed by atoms with E-state index in [1.165, 1.54) is 0 Å². The van der Waals surface area contributed by atoms with E-state index in [1.807, 2.05) is 49.4 Å². The Labute approximate surface area is 167 Å². The molecule has 0 spiro atoms. The fourth-order valence-corrected chi connectivity index (χ4v) is 3.00. The van der Waals surface area contributed by atoms with Gasteiger partial charge in [-0.3, -0.25) is 0 Å². The van der Waals surface area contributed by atoms with Crippen molar-refractivity contribution in [1.82, 2.24) is 34.7 Å². The van der Waals surface area contributed by atoms with Gasteiger partial charge in [0.25, 0.3) is 5.95 Å². The zero-order valence-corrected chi connectivity index (χ0v) is 16.2. The number of aliphatic hydroxyl groups is 1. The van der Waals surface area contributed by atoms with Crippen molar-refractivity contribution in [3.05, 3.63) is 48.2 Å². The van der Waals surface area contributed by atoms with E-state index in [0.717, 1.165) is 17.5 Å². The molecule has 0 bridgehead atoms. The number of tetrazole rings is 1. The predicted molar refractivity (Wildman–Crippen MR) is 107 cm³/mol. The molecule has 0 aliphatic carbocycles. The SMILES string of the molecule is CCCC(O)Nc1cccc(COc2nc3ccccc3n2-c2nnnn2C)n1. The van der Waals surface area contributed by atoms with Gasteiger partial charge in [-0.1, -0.05) is 36.6 Å². The molecule has 0 amide bonds. The minimum absolute atomic E-state index is 0.202. The molecule has 1 aromatic carbocycles. The van der Waals surface area contributed by atoms with E-state index in [4.69, 9.17) is 4.74 Å². The summed E-state index contributed by atoms with van der Waals surface area (Å²) in [6, 6.07) is 13.6. The summed E-state index contributed by atoms with van der Waals surface area (Å²) in [4.78, 5) is 9.06. The molecule has 0 aliphatic heterocycles. The second-order valence-electron chi connectivity index (χ2n) is 6.57. The van der Waals surface area contributed by atoms with Gasteiger partial charge < -0.3 is 15.2 Å². The zero-order valence-electron chi connectivity index (χ0n) is 16.2. The van der Waals surface area contributed by atoms with Crippen molar-refractivity contribution in [2.75, 3.05) is 5.32 Å². The first kappa shape index (κ1) is 18.8. The van der Waals surface area contributed by atoms with Crippen molar-refractivity contribution < 1.29 is 9.84 Å². The minimum Gasteiger partial charge on any atom is -0.458 e. The number of benzene rings is 1. The number of nitrogens with zero attached hydrogens (tertiary/aromatic N) is 7. The van der Waals surface area contributed by atoms with Crippen molar-refractivity contribution in [2.24, 2.45) is 7.05 Å². The number of aromatic nitrogens is 7. The Morgan fingerprint density at radius 1 is 1.14 bits per heavy atom. The summed E-state index contributed by atoms with van der Waals surface area (Å²) in [6.07, 6.45) is 0.902. The number of hydrogen-bond donors (Lipinski definition) is 2. The van der Waals surface area contributed by atoms with Crippen LogP contribution in [0.5, 0.6) is 6.01 Å². The Morgan fingerprint density at radius 3 is 2.79 bits per heavy atom. The number of pyridine rings is 1. The van der Waals surface area contributed by atoms with Crippen LogP contribution in [0.4, 0.5) is 5.82 Å². The van der Waals surface area contributed by atoms with Crippen molar-refractivity contribution in [1.29, 1.82) is 0 Å². The molecule has 10 nitrogen and oxygen atoms in total. The Hall–Kier alpha value is -3.53. The van der Waals surface area contributed by atoms with E-state index in [9.17, 15) is 5.11 Å². The van der Waals surface area contributed by atoms with Crippen LogP contribution in [-0.4, -0.2) is 46.1 Å². The van der Waals surface area contributed by atoms with Gasteiger partial charge in [0.15, 0.2) is 0 Å². The minimum atomic E-state index is -0.628. The molecule has 0 saturated carbocycles. The highest BCUT2D eigenvalue weighted by Gasteiger charge is 2.18. The van der Waals surface area contributed by atoms with E-state index in [0.29, 0.717) is 29.9 Å². The molecule has 150 valence electrons. The number of fused-ring (bicyclic) bond motifs is 1. The average Bonchev–Trinajstić information content (AvgIpc) is 3.29. The lowest BCUT2D eigenvalue weighted by Crippen LogP contribution is -2.19. The highest BCUT2D eigenvalue weighted by Crippen LogP contribution is 2.25. The van der Waals surface area contributed by atoms with Crippen LogP contribution >= 0.6 is 0 Å². The van der Waals surface area contributed by atoms with Gasteiger partial charge in [0.1, 0.15) is 18.7 Å². The Balaban J connectivity index is 1.59. The Morgan fingerprint density at radius 2 is 2.00 bits per heavy atom. The normalized spacial score (nSPS) is 12.2. The molecule has 1 unspecified atom stereocenters. The monoisotopic (exact) mass is 394 g/mol. The molecule has 3 aromatic heterocycles. The van der Waals surface area contributed by atoms with Gasteiger partial charge in [-0.05, 0) is 41.1 Å². The summed E-state index contributed by atoms with van der Waals surface area (Å²) < 4.78 is 9.31. The number of aliphatic hydroxyl groups excluding tert-OH is 1. The number of imidazole rings is 1. The lowest BCUT2D eigenvalue weighted by molar-refractivity contribution is 0.191. The summed E-state index contributed by atoms with van der Waals surface area (Å²) in [5.74, 6) is 1.10. The molecule has 4 rings (SSSR count). The van der Waals surface area contributed by atoms with E-state index >= 15 is 0 Å². The molecule has 4 aromatic rings. The highest BCUT2D eigenvalue weighted by molar-refractivity contribution is 5.78. The summed E-state index contributed by atoms with van der Waals surface area (Å²) in [7, 11) is 1.76. The van der Waals surface area contributed by atoms with Crippen molar-refractivity contribution >= 4 is 16.9 Å². The van der Waals surface area contributed by atoms with E-state index in [-0.39, 0.29) is 6.61 Å². The number of aryl methyl sites for hydroxylation is 1. The molecule has 2 N–H and O–H groups in total. The van der Waals surface area contributed by atoms with Crippen molar-refractivity contribution in [3.63, 3.8) is 0 Å². The summed E-state index contributed by atoms with van der Waals surface area (Å²) in [5, 5.41) is 24.6. The highest BCUT2D eigenvalue weighted by atomic mass is 16.5. The van der Waals surface area contributed by atoms with Crippen molar-refractivity contribution in [3.8, 4) is 12.0 Å². The standard InChI is InChI=1S/C19H22N8O2/c1-3-7-17(28)22-16-11-6-8-13(20-16)12-29-19-21-14-9-4-5-10-15(14)27(19)18-23-24-25-26(18)2/h4-6,8-11,17,28H,3,7,12H2,1-2H3,(H,20,22). The molecule has 0 radical (unpaired) electrons. The maximum atomic E-state index is 9.93. The van der Waals surface area contributed by atoms with E-state index < -0.39 is 6.23 Å².